The van der Waals surface area contributed by atoms with Gasteiger partial charge in [0.05, 0.1) is 13.2 Å². The smallest absolute Gasteiger partial charge is 0.319 e. The summed E-state index contributed by atoms with van der Waals surface area (Å²) in [4.78, 5) is 26.0. The molecule has 1 aliphatic heterocycles. The van der Waals surface area contributed by atoms with Crippen LogP contribution in [0, 0.1) is 0 Å². The van der Waals surface area contributed by atoms with Crippen LogP contribution in [0.4, 0.5) is 16.2 Å². The zero-order valence-electron chi connectivity index (χ0n) is 13.7. The van der Waals surface area contributed by atoms with Crippen molar-refractivity contribution < 1.29 is 14.3 Å². The quantitative estimate of drug-likeness (QED) is 0.880. The zero-order chi connectivity index (χ0) is 17.8. The molecule has 2 N–H and O–H groups in total. The van der Waals surface area contributed by atoms with E-state index >= 15 is 0 Å². The molecule has 3 rings (SSSR count). The van der Waals surface area contributed by atoms with Crippen LogP contribution in [0.2, 0.25) is 5.02 Å². The number of nitrogens with one attached hydrogen (secondary N) is 2. The van der Waals surface area contributed by atoms with Gasteiger partial charge in [-0.05, 0) is 30.3 Å². The van der Waals surface area contributed by atoms with Gasteiger partial charge in [0.25, 0.3) is 0 Å². The Morgan fingerprint density at radius 3 is 2.80 bits per heavy atom. The number of hydrogen-bond acceptors (Lipinski definition) is 3. The average Bonchev–Trinajstić information content (AvgIpc) is 2.95. The van der Waals surface area contributed by atoms with E-state index in [1.54, 1.807) is 42.3 Å². The minimum Gasteiger partial charge on any atom is -0.497 e. The maximum atomic E-state index is 12.3. The highest BCUT2D eigenvalue weighted by Gasteiger charge is 2.31. The Balaban J connectivity index is 1.61. The fourth-order valence-electron chi connectivity index (χ4n) is 2.75. The molecule has 1 atom stereocenters. The van der Waals surface area contributed by atoms with Crippen LogP contribution in [0.25, 0.3) is 0 Å². The molecule has 2 aromatic rings. The molecule has 1 saturated heterocycles. The van der Waals surface area contributed by atoms with Crippen LogP contribution in [0.1, 0.15) is 6.42 Å². The van der Waals surface area contributed by atoms with E-state index in [0.717, 1.165) is 5.69 Å². The van der Waals surface area contributed by atoms with E-state index in [1.165, 1.54) is 0 Å². The van der Waals surface area contributed by atoms with Gasteiger partial charge in [-0.3, -0.25) is 4.79 Å². The molecule has 0 saturated carbocycles. The highest BCUT2D eigenvalue weighted by molar-refractivity contribution is 6.30. The Bertz CT molecular complexity index is 797. The normalized spacial score (nSPS) is 16.6. The fourth-order valence-corrected chi connectivity index (χ4v) is 2.94. The first-order valence-electron chi connectivity index (χ1n) is 7.82. The van der Waals surface area contributed by atoms with Gasteiger partial charge in [0.15, 0.2) is 0 Å². The minimum absolute atomic E-state index is 0.0405. The summed E-state index contributed by atoms with van der Waals surface area (Å²) in [6, 6.07) is 13.5. The molecule has 0 aromatic heterocycles. The number of carbonyl (C=O) groups excluding carboxylic acids is 2. The molecule has 1 fully saturated rings. The number of halogens is 1. The van der Waals surface area contributed by atoms with Crippen molar-refractivity contribution in [2.45, 2.75) is 12.5 Å². The summed E-state index contributed by atoms with van der Waals surface area (Å²) in [7, 11) is 1.58. The van der Waals surface area contributed by atoms with Crippen LogP contribution in [-0.2, 0) is 4.79 Å². The van der Waals surface area contributed by atoms with Gasteiger partial charge >= 0.3 is 6.03 Å². The first-order chi connectivity index (χ1) is 12.0. The average molecular weight is 360 g/mol. The van der Waals surface area contributed by atoms with Gasteiger partial charge in [0.2, 0.25) is 5.91 Å². The first kappa shape index (κ1) is 17.1. The molecular weight excluding hydrogens is 342 g/mol. The Morgan fingerprint density at radius 2 is 2.04 bits per heavy atom. The molecule has 0 bridgehead atoms. The number of anilines is 2. The van der Waals surface area contributed by atoms with Gasteiger partial charge in [0, 0.05) is 35.4 Å². The number of nitrogens with zero attached hydrogens (tertiary/aromatic N) is 1. The van der Waals surface area contributed by atoms with Crippen molar-refractivity contribution >= 4 is 34.9 Å². The topological polar surface area (TPSA) is 70.7 Å². The Kier molecular flexibility index (Phi) is 5.09. The molecular formula is C18H18ClN3O3. The first-order valence-corrected chi connectivity index (χ1v) is 8.20. The van der Waals surface area contributed by atoms with E-state index in [9.17, 15) is 9.59 Å². The van der Waals surface area contributed by atoms with Gasteiger partial charge in [-0.2, -0.15) is 0 Å². The summed E-state index contributed by atoms with van der Waals surface area (Å²) in [5.41, 5.74) is 1.35. The SMILES string of the molecule is COc1cccc(N2C[C@@H](NC(=O)Nc3cccc(Cl)c3)CC2=O)c1. The lowest BCUT2D eigenvalue weighted by Crippen LogP contribution is -2.39. The van der Waals surface area contributed by atoms with Crippen molar-refractivity contribution in [1.29, 1.82) is 0 Å². The van der Waals surface area contributed by atoms with Crippen molar-refractivity contribution in [3.63, 3.8) is 0 Å². The second-order valence-corrected chi connectivity index (χ2v) is 6.15. The molecule has 7 heteroatoms. The van der Waals surface area contributed by atoms with Crippen molar-refractivity contribution in [2.24, 2.45) is 0 Å². The van der Waals surface area contributed by atoms with E-state index in [2.05, 4.69) is 10.6 Å². The summed E-state index contributed by atoms with van der Waals surface area (Å²) in [6.07, 6.45) is 0.250. The number of hydrogen-bond donors (Lipinski definition) is 2. The van der Waals surface area contributed by atoms with Crippen LogP contribution in [0.3, 0.4) is 0 Å². The van der Waals surface area contributed by atoms with Crippen molar-refractivity contribution in [2.75, 3.05) is 23.9 Å². The summed E-state index contributed by atoms with van der Waals surface area (Å²) in [6.45, 7) is 0.412. The van der Waals surface area contributed by atoms with Crippen LogP contribution in [0.5, 0.6) is 5.75 Å². The number of urea groups is 1. The van der Waals surface area contributed by atoms with Gasteiger partial charge in [0.1, 0.15) is 5.75 Å². The number of methoxy groups -OCH3 is 1. The maximum Gasteiger partial charge on any atom is 0.319 e. The number of carbonyl (C=O) groups is 2. The summed E-state index contributed by atoms with van der Waals surface area (Å²) in [5.74, 6) is 0.640. The van der Waals surface area contributed by atoms with E-state index < -0.39 is 0 Å². The lowest BCUT2D eigenvalue weighted by molar-refractivity contribution is -0.117. The third-order valence-corrected chi connectivity index (χ3v) is 4.14. The van der Waals surface area contributed by atoms with Gasteiger partial charge < -0.3 is 20.3 Å². The third-order valence-electron chi connectivity index (χ3n) is 3.91. The maximum absolute atomic E-state index is 12.3. The molecule has 6 nitrogen and oxygen atoms in total. The van der Waals surface area contributed by atoms with Crippen LogP contribution >= 0.6 is 11.6 Å². The molecule has 0 aliphatic carbocycles. The summed E-state index contributed by atoms with van der Waals surface area (Å²) < 4.78 is 5.19. The number of rotatable bonds is 4. The lowest BCUT2D eigenvalue weighted by Gasteiger charge is -2.18. The van der Waals surface area contributed by atoms with Crippen LogP contribution in [-0.4, -0.2) is 31.6 Å². The third kappa shape index (κ3) is 4.22. The van der Waals surface area contributed by atoms with E-state index in [-0.39, 0.29) is 24.4 Å². The molecule has 0 unspecified atom stereocenters. The number of amides is 3. The fraction of sp³-hybridized carbons (Fsp3) is 0.222. The lowest BCUT2D eigenvalue weighted by atomic mass is 10.2. The Hall–Kier alpha value is -2.73. The monoisotopic (exact) mass is 359 g/mol. The standard InChI is InChI=1S/C18H18ClN3O3/c1-25-16-7-3-6-15(10-16)22-11-14(9-17(22)23)21-18(24)20-13-5-2-4-12(19)8-13/h2-8,10,14H,9,11H2,1H3,(H2,20,21,24)/t14-/m0/s1. The Labute approximate surface area is 150 Å². The highest BCUT2D eigenvalue weighted by Crippen LogP contribution is 2.25. The predicted octanol–water partition coefficient (Wildman–Crippen LogP) is 3.28. The van der Waals surface area contributed by atoms with Gasteiger partial charge in [-0.1, -0.05) is 23.7 Å². The van der Waals surface area contributed by atoms with E-state index in [1.807, 2.05) is 18.2 Å². The number of benzene rings is 2. The molecule has 0 spiro atoms. The molecule has 1 aliphatic rings. The second kappa shape index (κ2) is 7.44. The van der Waals surface area contributed by atoms with E-state index in [4.69, 9.17) is 16.3 Å². The van der Waals surface area contributed by atoms with Crippen molar-refractivity contribution in [3.05, 3.63) is 53.6 Å². The minimum atomic E-state index is -0.368. The Morgan fingerprint density at radius 1 is 1.24 bits per heavy atom. The predicted molar refractivity (Wildman–Crippen MR) is 97.4 cm³/mol. The number of ether oxygens (including phenoxy) is 1. The van der Waals surface area contributed by atoms with Gasteiger partial charge in [-0.25, -0.2) is 4.79 Å². The van der Waals surface area contributed by atoms with Crippen LogP contribution < -0.4 is 20.3 Å². The molecule has 2 aromatic carbocycles. The summed E-state index contributed by atoms with van der Waals surface area (Å²) in [5, 5.41) is 6.07. The van der Waals surface area contributed by atoms with Crippen molar-refractivity contribution in [3.8, 4) is 5.75 Å². The molecule has 1 heterocycles. The zero-order valence-corrected chi connectivity index (χ0v) is 14.4. The molecule has 130 valence electrons. The highest BCUT2D eigenvalue weighted by atomic mass is 35.5. The summed E-state index contributed by atoms with van der Waals surface area (Å²) >= 11 is 5.90. The molecule has 0 radical (unpaired) electrons. The van der Waals surface area contributed by atoms with Gasteiger partial charge in [-0.15, -0.1) is 0 Å². The largest absolute Gasteiger partial charge is 0.497 e. The van der Waals surface area contributed by atoms with Crippen molar-refractivity contribution in [1.82, 2.24) is 5.32 Å². The molecule has 25 heavy (non-hydrogen) atoms. The van der Waals surface area contributed by atoms with E-state index in [0.29, 0.717) is 23.0 Å². The van der Waals surface area contributed by atoms with Crippen LogP contribution in [0.15, 0.2) is 48.5 Å². The second-order valence-electron chi connectivity index (χ2n) is 5.72. The molecule has 3 amide bonds.